The molecule has 1 heterocycles. The minimum Gasteiger partial charge on any atom is -0.369 e. The summed E-state index contributed by atoms with van der Waals surface area (Å²) in [7, 11) is -4.50. The molecule has 30 heavy (non-hydrogen) atoms. The highest BCUT2D eigenvalue weighted by Crippen LogP contribution is 2.39. The van der Waals surface area contributed by atoms with E-state index in [0.29, 0.717) is 6.20 Å². The maximum atomic E-state index is 13.0. The lowest BCUT2D eigenvalue weighted by molar-refractivity contribution is -0.140. The molecule has 7 nitrogen and oxygen atoms in total. The number of amides is 1. The summed E-state index contributed by atoms with van der Waals surface area (Å²) in [5.41, 5.74) is 4.25. The Bertz CT molecular complexity index is 1240. The van der Waals surface area contributed by atoms with Gasteiger partial charge in [-0.1, -0.05) is 35.9 Å². The second-order valence-electron chi connectivity index (χ2n) is 6.28. The van der Waals surface area contributed by atoms with Crippen LogP contribution >= 0.6 is 11.6 Å². The van der Waals surface area contributed by atoms with Gasteiger partial charge in [-0.3, -0.25) is 4.79 Å². The van der Waals surface area contributed by atoms with E-state index in [9.17, 15) is 26.4 Å². The van der Waals surface area contributed by atoms with Gasteiger partial charge in [-0.05, 0) is 17.7 Å². The number of aromatic nitrogens is 2. The molecule has 0 atom stereocenters. The number of alkyl halides is 3. The Balaban J connectivity index is 2.41. The third kappa shape index (κ3) is 4.32. The van der Waals surface area contributed by atoms with Gasteiger partial charge in [0.1, 0.15) is 4.90 Å². The second kappa shape index (κ2) is 7.74. The maximum Gasteiger partial charge on any atom is 0.434 e. The topological polar surface area (TPSA) is 121 Å². The average Bonchev–Trinajstić information content (AvgIpc) is 3.11. The fraction of sp³-hybridized carbons (Fsp3) is 0.111. The van der Waals surface area contributed by atoms with E-state index in [1.165, 1.54) is 24.3 Å². The molecule has 3 aromatic rings. The first kappa shape index (κ1) is 21.8. The van der Waals surface area contributed by atoms with E-state index in [0.717, 1.165) is 10.9 Å². The van der Waals surface area contributed by atoms with Crippen molar-refractivity contribution in [3.63, 3.8) is 0 Å². The lowest BCUT2D eigenvalue weighted by Crippen LogP contribution is -2.20. The summed E-state index contributed by atoms with van der Waals surface area (Å²) in [5.74, 6) is -0.751. The number of nitrogens with two attached hydrogens (primary N) is 2. The van der Waals surface area contributed by atoms with Crippen LogP contribution in [-0.4, -0.2) is 23.9 Å². The van der Waals surface area contributed by atoms with Crippen LogP contribution in [0.15, 0.2) is 53.8 Å². The van der Waals surface area contributed by atoms with E-state index in [1.54, 1.807) is 12.1 Å². The summed E-state index contributed by atoms with van der Waals surface area (Å²) < 4.78 is 64.9. The fourth-order valence-electron chi connectivity index (χ4n) is 3.00. The summed E-state index contributed by atoms with van der Waals surface area (Å²) in [5, 5.41) is 5.58. The molecule has 0 aliphatic heterocycles. The van der Waals surface area contributed by atoms with Crippen molar-refractivity contribution in [1.82, 2.24) is 9.55 Å². The van der Waals surface area contributed by atoms with Gasteiger partial charge in [0.15, 0.2) is 5.69 Å². The van der Waals surface area contributed by atoms with Gasteiger partial charge >= 0.3 is 6.18 Å². The molecule has 0 fully saturated rings. The first-order chi connectivity index (χ1) is 13.9. The van der Waals surface area contributed by atoms with E-state index in [4.69, 9.17) is 22.5 Å². The Labute approximate surface area is 174 Å². The summed E-state index contributed by atoms with van der Waals surface area (Å²) in [6.07, 6.45) is -3.63. The number of nitrogens with zero attached hydrogens (tertiary/aromatic N) is 2. The van der Waals surface area contributed by atoms with Crippen molar-refractivity contribution >= 4 is 27.5 Å². The lowest BCUT2D eigenvalue weighted by atomic mass is 9.96. The standard InChI is InChI=1S/C18H14ClF3N4O3S/c19-12-4-2-1-3-11(12)16-10(7-15(23)27)5-6-13(17(16)30(24,28)29)26-8-14(25-9-26)18(20,21)22/h1-6,8-9H,7H2,(H2,23,27)(H2,24,28,29). The first-order valence-electron chi connectivity index (χ1n) is 8.23. The SMILES string of the molecule is NC(=O)Cc1ccc(-n2cnc(C(F)(F)F)c2)c(S(N)(=O)=O)c1-c1ccccc1Cl. The van der Waals surface area contributed by atoms with Gasteiger partial charge in [0, 0.05) is 22.3 Å². The molecule has 0 spiro atoms. The highest BCUT2D eigenvalue weighted by atomic mass is 35.5. The molecule has 0 radical (unpaired) electrons. The molecular weight excluding hydrogens is 445 g/mol. The highest BCUT2D eigenvalue weighted by molar-refractivity contribution is 7.89. The summed E-state index contributed by atoms with van der Waals surface area (Å²) in [4.78, 5) is 14.3. The van der Waals surface area contributed by atoms with Crippen LogP contribution in [0.2, 0.25) is 5.02 Å². The van der Waals surface area contributed by atoms with E-state index >= 15 is 0 Å². The Hall–Kier alpha value is -2.89. The molecule has 0 aliphatic carbocycles. The Morgan fingerprint density at radius 3 is 2.37 bits per heavy atom. The average molecular weight is 459 g/mol. The normalized spacial score (nSPS) is 12.2. The summed E-state index contributed by atoms with van der Waals surface area (Å²) in [6.45, 7) is 0. The molecular formula is C18H14ClF3N4O3S. The molecule has 0 unspecified atom stereocenters. The Kier molecular flexibility index (Phi) is 5.63. The first-order valence-corrected chi connectivity index (χ1v) is 10.2. The molecule has 0 saturated heterocycles. The van der Waals surface area contributed by atoms with Crippen molar-refractivity contribution in [2.75, 3.05) is 0 Å². The number of primary sulfonamides is 1. The van der Waals surface area contributed by atoms with Crippen molar-refractivity contribution in [3.05, 3.63) is 65.2 Å². The molecule has 3 rings (SSSR count). The van der Waals surface area contributed by atoms with Crippen LogP contribution in [0, 0.1) is 0 Å². The third-order valence-corrected chi connectivity index (χ3v) is 5.48. The van der Waals surface area contributed by atoms with Crippen LogP contribution in [0.4, 0.5) is 13.2 Å². The van der Waals surface area contributed by atoms with Crippen molar-refractivity contribution in [1.29, 1.82) is 0 Å². The molecule has 12 heteroatoms. The van der Waals surface area contributed by atoms with Gasteiger partial charge < -0.3 is 10.3 Å². The molecule has 158 valence electrons. The maximum absolute atomic E-state index is 13.0. The molecule has 1 amide bonds. The van der Waals surface area contributed by atoms with Crippen molar-refractivity contribution in [2.24, 2.45) is 10.9 Å². The zero-order chi connectivity index (χ0) is 22.3. The monoisotopic (exact) mass is 458 g/mol. The number of halogens is 4. The minimum atomic E-state index is -4.73. The molecule has 0 bridgehead atoms. The summed E-state index contributed by atoms with van der Waals surface area (Å²) in [6, 6.07) is 8.76. The lowest BCUT2D eigenvalue weighted by Gasteiger charge is -2.18. The van der Waals surface area contributed by atoms with Crippen LogP contribution in [0.3, 0.4) is 0 Å². The van der Waals surface area contributed by atoms with Gasteiger partial charge in [-0.2, -0.15) is 13.2 Å². The Morgan fingerprint density at radius 2 is 1.83 bits per heavy atom. The van der Waals surface area contributed by atoms with Crippen LogP contribution in [0.5, 0.6) is 0 Å². The number of primary amides is 1. The second-order valence-corrected chi connectivity index (χ2v) is 8.19. The van der Waals surface area contributed by atoms with Gasteiger partial charge in [-0.15, -0.1) is 0 Å². The zero-order valence-electron chi connectivity index (χ0n) is 15.0. The van der Waals surface area contributed by atoms with Gasteiger partial charge in [0.2, 0.25) is 15.9 Å². The van der Waals surface area contributed by atoms with E-state index < -0.39 is 32.7 Å². The van der Waals surface area contributed by atoms with E-state index in [-0.39, 0.29) is 33.8 Å². The largest absolute Gasteiger partial charge is 0.434 e. The number of hydrogen-bond donors (Lipinski definition) is 2. The number of benzene rings is 2. The van der Waals surface area contributed by atoms with Crippen molar-refractivity contribution in [3.8, 4) is 16.8 Å². The number of imidazole rings is 1. The van der Waals surface area contributed by atoms with Crippen molar-refractivity contribution in [2.45, 2.75) is 17.5 Å². The zero-order valence-corrected chi connectivity index (χ0v) is 16.6. The number of hydrogen-bond acceptors (Lipinski definition) is 4. The fourth-order valence-corrected chi connectivity index (χ4v) is 4.22. The predicted octanol–water partition coefficient (Wildman–Crippen LogP) is 2.89. The quantitative estimate of drug-likeness (QED) is 0.610. The third-order valence-electron chi connectivity index (χ3n) is 4.17. The van der Waals surface area contributed by atoms with E-state index in [2.05, 4.69) is 4.98 Å². The smallest absolute Gasteiger partial charge is 0.369 e. The number of carbonyl (C=O) groups is 1. The molecule has 1 aromatic heterocycles. The van der Waals surface area contributed by atoms with Crippen LogP contribution < -0.4 is 10.9 Å². The minimum absolute atomic E-state index is 0.0262. The molecule has 2 aromatic carbocycles. The van der Waals surface area contributed by atoms with Gasteiger partial charge in [-0.25, -0.2) is 18.5 Å². The van der Waals surface area contributed by atoms with Gasteiger partial charge in [0.05, 0.1) is 18.4 Å². The van der Waals surface area contributed by atoms with Crippen LogP contribution in [-0.2, 0) is 27.4 Å². The molecule has 0 saturated carbocycles. The van der Waals surface area contributed by atoms with Crippen molar-refractivity contribution < 1.29 is 26.4 Å². The van der Waals surface area contributed by atoms with Crippen LogP contribution in [0.25, 0.3) is 16.8 Å². The van der Waals surface area contributed by atoms with Crippen LogP contribution in [0.1, 0.15) is 11.3 Å². The predicted molar refractivity (Wildman–Crippen MR) is 103 cm³/mol. The summed E-state index contributed by atoms with van der Waals surface area (Å²) >= 11 is 6.23. The number of carbonyl (C=O) groups excluding carboxylic acids is 1. The van der Waals surface area contributed by atoms with E-state index in [1.807, 2.05) is 0 Å². The molecule has 4 N–H and O–H groups in total. The number of sulfonamides is 1. The van der Waals surface area contributed by atoms with Gasteiger partial charge in [0.25, 0.3) is 0 Å². The highest BCUT2D eigenvalue weighted by Gasteiger charge is 2.34. The molecule has 0 aliphatic rings. The Morgan fingerprint density at radius 1 is 1.17 bits per heavy atom. The number of rotatable bonds is 5.